The first kappa shape index (κ1) is 10.8. The van der Waals surface area contributed by atoms with Gasteiger partial charge in [0.2, 0.25) is 0 Å². The van der Waals surface area contributed by atoms with Crippen LogP contribution in [0.1, 0.15) is 13.8 Å². The molecule has 0 spiro atoms. The van der Waals surface area contributed by atoms with Crippen molar-refractivity contribution in [3.05, 3.63) is 70.6 Å². The molecule has 0 amide bonds. The average Bonchev–Trinajstić information content (AvgIpc) is 2.75. The van der Waals surface area contributed by atoms with Gasteiger partial charge in [-0.15, -0.1) is 0 Å². The smallest absolute Gasteiger partial charge is 0.00877 e. The van der Waals surface area contributed by atoms with Crippen molar-refractivity contribution in [3.63, 3.8) is 0 Å². The molecule has 0 heterocycles. The Morgan fingerprint density at radius 1 is 1.00 bits per heavy atom. The summed E-state index contributed by atoms with van der Waals surface area (Å²) < 4.78 is 0. The summed E-state index contributed by atoms with van der Waals surface area (Å²) in [6.45, 7) is 4.39. The third kappa shape index (κ3) is 1.53. The molecule has 0 saturated carbocycles. The predicted molar refractivity (Wildman–Crippen MR) is 80.7 cm³/mol. The SMILES string of the molecule is CC1(C)[C]=CC2=c3ccc4ccccc4c3=CC2=C1. The zero-order chi connectivity index (χ0) is 13.0. The molecule has 2 aromatic rings. The third-order valence-corrected chi connectivity index (χ3v) is 3.98. The van der Waals surface area contributed by atoms with Crippen molar-refractivity contribution in [3.8, 4) is 0 Å². The van der Waals surface area contributed by atoms with E-state index < -0.39 is 0 Å². The first-order chi connectivity index (χ1) is 9.14. The average molecular weight is 243 g/mol. The lowest BCUT2D eigenvalue weighted by Crippen LogP contribution is -2.23. The van der Waals surface area contributed by atoms with E-state index in [1.54, 1.807) is 0 Å². The van der Waals surface area contributed by atoms with E-state index >= 15 is 0 Å². The largest absolute Gasteiger partial charge is 0.0666 e. The Morgan fingerprint density at radius 3 is 2.74 bits per heavy atom. The Bertz CT molecular complexity index is 874. The molecule has 19 heavy (non-hydrogen) atoms. The quantitative estimate of drug-likeness (QED) is 0.667. The molecule has 0 bridgehead atoms. The molecule has 2 aromatic carbocycles. The molecule has 0 saturated heterocycles. The van der Waals surface area contributed by atoms with Gasteiger partial charge in [-0.25, -0.2) is 0 Å². The highest BCUT2D eigenvalue weighted by Crippen LogP contribution is 2.31. The van der Waals surface area contributed by atoms with Crippen LogP contribution in [0.15, 0.2) is 54.1 Å². The number of benzene rings is 2. The minimum atomic E-state index is 0.0349. The molecule has 0 N–H and O–H groups in total. The highest BCUT2D eigenvalue weighted by Gasteiger charge is 2.21. The van der Waals surface area contributed by atoms with Crippen molar-refractivity contribution in [2.45, 2.75) is 13.8 Å². The Kier molecular flexibility index (Phi) is 1.98. The van der Waals surface area contributed by atoms with E-state index in [0.717, 1.165) is 0 Å². The molecule has 1 radical (unpaired) electrons. The van der Waals surface area contributed by atoms with Gasteiger partial charge in [0.1, 0.15) is 0 Å². The number of hydrogen-bond donors (Lipinski definition) is 0. The second-order valence-electron chi connectivity index (χ2n) is 5.92. The Labute approximate surface area is 113 Å². The normalized spacial score (nSPS) is 18.8. The van der Waals surface area contributed by atoms with Crippen molar-refractivity contribution in [2.24, 2.45) is 5.41 Å². The molecular weight excluding hydrogens is 228 g/mol. The standard InChI is InChI=1S/C19H15/c1-19(2)10-9-16-14(12-19)11-18-15-6-4-3-5-13(15)7-8-17(16)18/h3-9,11-12H,1-2H3. The van der Waals surface area contributed by atoms with Crippen LogP contribution < -0.4 is 10.4 Å². The van der Waals surface area contributed by atoms with Gasteiger partial charge < -0.3 is 0 Å². The molecule has 0 nitrogen and oxygen atoms in total. The van der Waals surface area contributed by atoms with Crippen molar-refractivity contribution >= 4 is 22.4 Å². The van der Waals surface area contributed by atoms with Gasteiger partial charge in [-0.3, -0.25) is 0 Å². The van der Waals surface area contributed by atoms with Gasteiger partial charge in [0.15, 0.2) is 0 Å². The van der Waals surface area contributed by atoms with E-state index in [1.165, 1.54) is 32.4 Å². The summed E-state index contributed by atoms with van der Waals surface area (Å²) in [5.41, 5.74) is 2.70. The maximum absolute atomic E-state index is 3.46. The summed E-state index contributed by atoms with van der Waals surface area (Å²) in [5.74, 6) is 0. The molecular formula is C19H15. The van der Waals surface area contributed by atoms with Crippen molar-refractivity contribution in [2.75, 3.05) is 0 Å². The monoisotopic (exact) mass is 243 g/mol. The molecule has 0 fully saturated rings. The van der Waals surface area contributed by atoms with E-state index in [-0.39, 0.29) is 5.41 Å². The number of fused-ring (bicyclic) bond motifs is 4. The maximum atomic E-state index is 3.46. The zero-order valence-corrected chi connectivity index (χ0v) is 11.2. The minimum absolute atomic E-state index is 0.0349. The van der Waals surface area contributed by atoms with Gasteiger partial charge in [0.25, 0.3) is 0 Å². The fraction of sp³-hybridized carbons (Fsp3) is 0.158. The van der Waals surface area contributed by atoms with E-state index in [2.05, 4.69) is 74.5 Å². The van der Waals surface area contributed by atoms with Crippen LogP contribution in [0.4, 0.5) is 0 Å². The summed E-state index contributed by atoms with van der Waals surface area (Å²) >= 11 is 0. The zero-order valence-electron chi connectivity index (χ0n) is 11.2. The van der Waals surface area contributed by atoms with E-state index in [9.17, 15) is 0 Å². The van der Waals surface area contributed by atoms with Crippen molar-refractivity contribution < 1.29 is 0 Å². The Morgan fingerprint density at radius 2 is 1.84 bits per heavy atom. The van der Waals surface area contributed by atoms with Crippen LogP contribution >= 0.6 is 0 Å². The molecule has 0 aliphatic heterocycles. The first-order valence-electron chi connectivity index (χ1n) is 6.72. The summed E-state index contributed by atoms with van der Waals surface area (Å²) in [6, 6.07) is 13.0. The fourth-order valence-corrected chi connectivity index (χ4v) is 3.04. The lowest BCUT2D eigenvalue weighted by molar-refractivity contribution is 0.599. The summed E-state index contributed by atoms with van der Waals surface area (Å²) in [6.07, 6.45) is 10.3. The van der Waals surface area contributed by atoms with Crippen LogP contribution in [0.3, 0.4) is 0 Å². The molecule has 0 heteroatoms. The number of hydrogen-bond acceptors (Lipinski definition) is 0. The van der Waals surface area contributed by atoms with Crippen LogP contribution in [0.5, 0.6) is 0 Å². The van der Waals surface area contributed by atoms with Crippen LogP contribution in [0.2, 0.25) is 0 Å². The topological polar surface area (TPSA) is 0 Å². The molecule has 0 atom stereocenters. The molecule has 0 aromatic heterocycles. The van der Waals surface area contributed by atoms with Crippen LogP contribution in [-0.2, 0) is 0 Å². The molecule has 2 aliphatic rings. The second kappa shape index (κ2) is 3.48. The van der Waals surface area contributed by atoms with Gasteiger partial charge in [0, 0.05) is 5.41 Å². The van der Waals surface area contributed by atoms with Crippen molar-refractivity contribution in [1.29, 1.82) is 0 Å². The third-order valence-electron chi connectivity index (χ3n) is 3.98. The highest BCUT2D eigenvalue weighted by molar-refractivity contribution is 5.94. The van der Waals surface area contributed by atoms with Crippen LogP contribution in [-0.4, -0.2) is 0 Å². The lowest BCUT2D eigenvalue weighted by Gasteiger charge is -2.20. The van der Waals surface area contributed by atoms with Gasteiger partial charge in [-0.2, -0.15) is 0 Å². The van der Waals surface area contributed by atoms with E-state index in [0.29, 0.717) is 0 Å². The van der Waals surface area contributed by atoms with E-state index in [4.69, 9.17) is 0 Å². The fourth-order valence-electron chi connectivity index (χ4n) is 3.04. The molecule has 91 valence electrons. The van der Waals surface area contributed by atoms with E-state index in [1.807, 2.05) is 0 Å². The summed E-state index contributed by atoms with van der Waals surface area (Å²) in [5, 5.41) is 5.35. The first-order valence-corrected chi connectivity index (χ1v) is 6.72. The summed E-state index contributed by atoms with van der Waals surface area (Å²) in [7, 11) is 0. The number of rotatable bonds is 0. The Hall–Kier alpha value is -2.08. The van der Waals surface area contributed by atoms with Gasteiger partial charge in [0.05, 0.1) is 0 Å². The highest BCUT2D eigenvalue weighted by atomic mass is 14.2. The molecule has 2 aliphatic carbocycles. The van der Waals surface area contributed by atoms with Crippen LogP contribution in [0.25, 0.3) is 22.4 Å². The second-order valence-corrected chi connectivity index (χ2v) is 5.92. The summed E-state index contributed by atoms with van der Waals surface area (Å²) in [4.78, 5) is 0. The molecule has 4 rings (SSSR count). The maximum Gasteiger partial charge on any atom is 0.00877 e. The van der Waals surface area contributed by atoms with Gasteiger partial charge in [-0.05, 0) is 50.6 Å². The Balaban J connectivity index is 2.17. The van der Waals surface area contributed by atoms with Crippen LogP contribution in [0, 0.1) is 11.5 Å². The minimum Gasteiger partial charge on any atom is -0.0666 e. The lowest BCUT2D eigenvalue weighted by atomic mass is 9.84. The van der Waals surface area contributed by atoms with Crippen molar-refractivity contribution in [1.82, 2.24) is 0 Å². The van der Waals surface area contributed by atoms with Gasteiger partial charge in [-0.1, -0.05) is 56.3 Å². The molecule has 0 unspecified atom stereocenters. The number of allylic oxidation sites excluding steroid dienone is 4. The predicted octanol–water partition coefficient (Wildman–Crippen LogP) is 3.11. The van der Waals surface area contributed by atoms with Gasteiger partial charge >= 0.3 is 0 Å².